The number of aliphatic hydroxyl groups is 1. The molecule has 0 saturated heterocycles. The molecule has 1 aromatic rings. The molecule has 1 atom stereocenters. The summed E-state index contributed by atoms with van der Waals surface area (Å²) in [7, 11) is -3.40. The maximum Gasteiger partial charge on any atom is 0.250 e. The van der Waals surface area contributed by atoms with Crippen LogP contribution >= 0.6 is 11.3 Å². The van der Waals surface area contributed by atoms with Crippen molar-refractivity contribution in [3.8, 4) is 0 Å². The molecule has 4 nitrogen and oxygen atoms in total. The third-order valence-electron chi connectivity index (χ3n) is 3.29. The van der Waals surface area contributed by atoms with Crippen LogP contribution in [0.25, 0.3) is 0 Å². The minimum atomic E-state index is -3.40. The second kappa shape index (κ2) is 4.35. The average molecular weight is 275 g/mol. The number of thiophene rings is 1. The lowest BCUT2D eigenvalue weighted by Gasteiger charge is -2.05. The first kappa shape index (κ1) is 13.0. The van der Waals surface area contributed by atoms with Gasteiger partial charge in [-0.05, 0) is 29.9 Å². The Bertz CT molecular complexity index is 505. The lowest BCUT2D eigenvalue weighted by molar-refractivity contribution is 0.285. The van der Waals surface area contributed by atoms with Gasteiger partial charge >= 0.3 is 0 Å². The van der Waals surface area contributed by atoms with E-state index in [2.05, 4.69) is 18.6 Å². The Kier molecular flexibility index (Phi) is 3.33. The van der Waals surface area contributed by atoms with Crippen LogP contribution in [0.3, 0.4) is 0 Å². The molecule has 1 unspecified atom stereocenters. The van der Waals surface area contributed by atoms with Gasteiger partial charge in [0.05, 0.1) is 6.61 Å². The lowest BCUT2D eigenvalue weighted by atomic mass is 10.1. The summed E-state index contributed by atoms with van der Waals surface area (Å²) < 4.78 is 26.8. The SMILES string of the molecule is CC1(C)CC1CNS(=O)(=O)c1ccc(CO)s1. The molecule has 0 spiro atoms. The molecule has 2 N–H and O–H groups in total. The molecule has 1 aliphatic rings. The maximum absolute atomic E-state index is 11.9. The second-order valence-corrected chi connectivity index (χ2v) is 8.28. The summed E-state index contributed by atoms with van der Waals surface area (Å²) in [5, 5.41) is 8.91. The Morgan fingerprint density at radius 1 is 1.53 bits per heavy atom. The van der Waals surface area contributed by atoms with Crippen LogP contribution in [0.1, 0.15) is 25.1 Å². The van der Waals surface area contributed by atoms with Crippen LogP contribution in [0.5, 0.6) is 0 Å². The van der Waals surface area contributed by atoms with Crippen LogP contribution in [-0.4, -0.2) is 20.1 Å². The van der Waals surface area contributed by atoms with Gasteiger partial charge in [0.15, 0.2) is 0 Å². The summed E-state index contributed by atoms with van der Waals surface area (Å²) in [5.74, 6) is 0.439. The first-order valence-corrected chi connectivity index (χ1v) is 7.84. The first-order chi connectivity index (χ1) is 7.85. The molecular formula is C11H17NO3S2. The zero-order valence-corrected chi connectivity index (χ0v) is 11.6. The minimum absolute atomic E-state index is 0.115. The Labute approximate surface area is 106 Å². The Morgan fingerprint density at radius 2 is 2.18 bits per heavy atom. The van der Waals surface area contributed by atoms with Crippen LogP contribution in [0, 0.1) is 11.3 Å². The number of hydrogen-bond donors (Lipinski definition) is 2. The molecule has 96 valence electrons. The van der Waals surface area contributed by atoms with Crippen molar-refractivity contribution in [2.24, 2.45) is 11.3 Å². The highest BCUT2D eigenvalue weighted by atomic mass is 32.2. The van der Waals surface area contributed by atoms with E-state index >= 15 is 0 Å². The minimum Gasteiger partial charge on any atom is -0.391 e. The van der Waals surface area contributed by atoms with Crippen molar-refractivity contribution in [2.75, 3.05) is 6.54 Å². The predicted molar refractivity (Wildman–Crippen MR) is 67.3 cm³/mol. The normalized spacial score (nSPS) is 22.6. The van der Waals surface area contributed by atoms with E-state index in [1.54, 1.807) is 6.07 Å². The average Bonchev–Trinajstić information content (AvgIpc) is 2.68. The molecule has 1 saturated carbocycles. The Hall–Kier alpha value is -0.430. The fourth-order valence-corrected chi connectivity index (χ4v) is 4.14. The molecule has 0 amide bonds. The lowest BCUT2D eigenvalue weighted by Crippen LogP contribution is -2.26. The van der Waals surface area contributed by atoms with Crippen molar-refractivity contribution in [1.29, 1.82) is 0 Å². The van der Waals surface area contributed by atoms with Crippen molar-refractivity contribution in [3.05, 3.63) is 17.0 Å². The summed E-state index contributed by atoms with van der Waals surface area (Å²) in [6.45, 7) is 4.67. The fraction of sp³-hybridized carbons (Fsp3) is 0.636. The molecule has 17 heavy (non-hydrogen) atoms. The van der Waals surface area contributed by atoms with Crippen molar-refractivity contribution >= 4 is 21.4 Å². The zero-order chi connectivity index (χ0) is 12.7. The molecular weight excluding hydrogens is 258 g/mol. The highest BCUT2D eigenvalue weighted by molar-refractivity contribution is 7.91. The molecule has 1 heterocycles. The van der Waals surface area contributed by atoms with Crippen molar-refractivity contribution in [1.82, 2.24) is 4.72 Å². The second-order valence-electron chi connectivity index (χ2n) is 5.12. The van der Waals surface area contributed by atoms with Crippen LogP contribution in [0.15, 0.2) is 16.3 Å². The van der Waals surface area contributed by atoms with E-state index < -0.39 is 10.0 Å². The van der Waals surface area contributed by atoms with E-state index in [0.717, 1.165) is 17.8 Å². The largest absolute Gasteiger partial charge is 0.391 e. The molecule has 1 aliphatic carbocycles. The summed E-state index contributed by atoms with van der Waals surface area (Å²) in [5.41, 5.74) is 0.272. The monoisotopic (exact) mass is 275 g/mol. The molecule has 0 radical (unpaired) electrons. The molecule has 1 aromatic heterocycles. The molecule has 1 fully saturated rings. The van der Waals surface area contributed by atoms with Gasteiger partial charge in [0, 0.05) is 11.4 Å². The van der Waals surface area contributed by atoms with Crippen molar-refractivity contribution in [2.45, 2.75) is 31.1 Å². The van der Waals surface area contributed by atoms with Gasteiger partial charge in [-0.15, -0.1) is 11.3 Å². The van der Waals surface area contributed by atoms with Gasteiger partial charge in [-0.2, -0.15) is 0 Å². The van der Waals surface area contributed by atoms with Crippen LogP contribution in [0.2, 0.25) is 0 Å². The topological polar surface area (TPSA) is 66.4 Å². The maximum atomic E-state index is 11.9. The fourth-order valence-electron chi connectivity index (χ4n) is 1.79. The highest BCUT2D eigenvalue weighted by Crippen LogP contribution is 2.51. The van der Waals surface area contributed by atoms with E-state index in [1.165, 1.54) is 6.07 Å². The third kappa shape index (κ3) is 2.88. The summed E-state index contributed by atoms with van der Waals surface area (Å²) >= 11 is 1.11. The van der Waals surface area contributed by atoms with E-state index in [4.69, 9.17) is 5.11 Å². The predicted octanol–water partition coefficient (Wildman–Crippen LogP) is 1.56. The van der Waals surface area contributed by atoms with Gasteiger partial charge < -0.3 is 5.11 Å². The van der Waals surface area contributed by atoms with Crippen LogP contribution in [0.4, 0.5) is 0 Å². The summed E-state index contributed by atoms with van der Waals surface area (Å²) in [6, 6.07) is 3.18. The smallest absolute Gasteiger partial charge is 0.250 e. The van der Waals surface area contributed by atoms with E-state index in [-0.39, 0.29) is 16.2 Å². The van der Waals surface area contributed by atoms with Crippen molar-refractivity contribution < 1.29 is 13.5 Å². The summed E-state index contributed by atoms with van der Waals surface area (Å²) in [6.07, 6.45) is 1.07. The number of aliphatic hydroxyl groups excluding tert-OH is 1. The van der Waals surface area contributed by atoms with E-state index in [1.807, 2.05) is 0 Å². The standard InChI is InChI=1S/C11H17NO3S2/c1-11(2)5-8(11)6-12-17(14,15)10-4-3-9(7-13)16-10/h3-4,8,12-13H,5-7H2,1-2H3. The third-order valence-corrected chi connectivity index (χ3v) is 6.28. The van der Waals surface area contributed by atoms with Gasteiger partial charge in [-0.25, -0.2) is 13.1 Å². The number of sulfonamides is 1. The summed E-state index contributed by atoms with van der Waals surface area (Å²) in [4.78, 5) is 0.664. The van der Waals surface area contributed by atoms with Gasteiger partial charge in [0.25, 0.3) is 0 Å². The number of nitrogens with one attached hydrogen (secondary N) is 1. The van der Waals surface area contributed by atoms with Gasteiger partial charge in [-0.3, -0.25) is 0 Å². The first-order valence-electron chi connectivity index (χ1n) is 5.54. The van der Waals surface area contributed by atoms with Gasteiger partial charge in [0.1, 0.15) is 4.21 Å². The Balaban J connectivity index is 1.99. The highest BCUT2D eigenvalue weighted by Gasteiger charge is 2.45. The Morgan fingerprint density at radius 3 is 2.65 bits per heavy atom. The van der Waals surface area contributed by atoms with E-state index in [9.17, 15) is 8.42 Å². The molecule has 0 aliphatic heterocycles. The van der Waals surface area contributed by atoms with Crippen LogP contribution < -0.4 is 4.72 Å². The quantitative estimate of drug-likeness (QED) is 0.857. The molecule has 0 bridgehead atoms. The van der Waals surface area contributed by atoms with Gasteiger partial charge in [-0.1, -0.05) is 13.8 Å². The molecule has 6 heteroatoms. The van der Waals surface area contributed by atoms with Crippen LogP contribution in [-0.2, 0) is 16.6 Å². The van der Waals surface area contributed by atoms with Crippen molar-refractivity contribution in [3.63, 3.8) is 0 Å². The number of hydrogen-bond acceptors (Lipinski definition) is 4. The molecule has 0 aromatic carbocycles. The van der Waals surface area contributed by atoms with Gasteiger partial charge in [0.2, 0.25) is 10.0 Å². The van der Waals surface area contributed by atoms with E-state index in [0.29, 0.717) is 17.3 Å². The number of rotatable bonds is 5. The zero-order valence-electron chi connectivity index (χ0n) is 9.93. The molecule has 2 rings (SSSR count).